The van der Waals surface area contributed by atoms with Crippen molar-refractivity contribution in [3.63, 3.8) is 0 Å². The van der Waals surface area contributed by atoms with Gasteiger partial charge in [0.25, 0.3) is 0 Å². The number of benzene rings is 2. The predicted molar refractivity (Wildman–Crippen MR) is 92.1 cm³/mol. The highest BCUT2D eigenvalue weighted by molar-refractivity contribution is 6.42. The molecule has 0 aliphatic heterocycles. The first-order valence-electron chi connectivity index (χ1n) is 7.15. The summed E-state index contributed by atoms with van der Waals surface area (Å²) in [6, 6.07) is 10.2. The lowest BCUT2D eigenvalue weighted by Gasteiger charge is -2.13. The smallest absolute Gasteiger partial charge is 0.198 e. The first kappa shape index (κ1) is 13.4. The number of fused-ring (bicyclic) bond motifs is 4. The summed E-state index contributed by atoms with van der Waals surface area (Å²) in [5, 5.41) is 4.85. The zero-order valence-electron chi connectivity index (χ0n) is 12.6. The molecule has 4 heteroatoms. The van der Waals surface area contributed by atoms with Crippen molar-refractivity contribution in [3.05, 3.63) is 46.6 Å². The van der Waals surface area contributed by atoms with Crippen molar-refractivity contribution >= 4 is 44.2 Å². The Morgan fingerprint density at radius 3 is 2.64 bits per heavy atom. The highest BCUT2D eigenvalue weighted by atomic mass is 35.5. The third-order valence-corrected chi connectivity index (χ3v) is 4.72. The van der Waals surface area contributed by atoms with Crippen LogP contribution in [-0.2, 0) is 0 Å². The summed E-state index contributed by atoms with van der Waals surface area (Å²) in [6.45, 7) is 4.08. The second-order valence-corrected chi connectivity index (χ2v) is 5.92. The van der Waals surface area contributed by atoms with E-state index in [1.54, 1.807) is 7.11 Å². The van der Waals surface area contributed by atoms with E-state index in [2.05, 4.69) is 24.0 Å². The molecule has 0 aliphatic rings. The van der Waals surface area contributed by atoms with E-state index in [-0.39, 0.29) is 0 Å². The number of pyridine rings is 1. The number of H-pyrrole nitrogens is 1. The minimum absolute atomic E-state index is 0.691. The number of rotatable bonds is 1. The molecule has 0 unspecified atom stereocenters. The van der Waals surface area contributed by atoms with Gasteiger partial charge in [0, 0.05) is 27.2 Å². The van der Waals surface area contributed by atoms with E-state index in [0.717, 1.165) is 49.7 Å². The fraction of sp³-hybridized carbons (Fsp3) is 0.167. The van der Waals surface area contributed by atoms with Gasteiger partial charge in [0.2, 0.25) is 0 Å². The molecule has 0 bridgehead atoms. The Bertz CT molecular complexity index is 1050. The standard InChI is InChI=1S/C18H15ClN2O/c1-9-10(2)20-18(22-3)13-8-12-11-6-4-5-7-14(11)21-17(12)16(19)15(9)13/h4-8,20H,1-3H3. The van der Waals surface area contributed by atoms with E-state index < -0.39 is 0 Å². The van der Waals surface area contributed by atoms with Gasteiger partial charge in [-0.3, -0.25) is 0 Å². The molecule has 0 fully saturated rings. The SMILES string of the molecule is COc1[nH]c(C)c(C)c2c(Cl)c3nc4ccccc4c3cc12. The average Bonchev–Trinajstić information content (AvgIpc) is 2.90. The van der Waals surface area contributed by atoms with E-state index in [9.17, 15) is 0 Å². The summed E-state index contributed by atoms with van der Waals surface area (Å²) < 4.78 is 5.52. The molecule has 0 atom stereocenters. The molecule has 0 saturated heterocycles. The van der Waals surface area contributed by atoms with Gasteiger partial charge in [-0.05, 0) is 31.5 Å². The molecule has 2 heterocycles. The normalized spacial score (nSPS) is 11.6. The summed E-state index contributed by atoms with van der Waals surface area (Å²) in [4.78, 5) is 8.01. The maximum Gasteiger partial charge on any atom is 0.198 e. The van der Waals surface area contributed by atoms with Gasteiger partial charge < -0.3 is 9.72 Å². The van der Waals surface area contributed by atoms with Crippen molar-refractivity contribution in [2.75, 3.05) is 7.11 Å². The first-order valence-corrected chi connectivity index (χ1v) is 7.53. The lowest BCUT2D eigenvalue weighted by atomic mass is 10.0. The number of hydrogen-bond acceptors (Lipinski definition) is 2. The van der Waals surface area contributed by atoms with Gasteiger partial charge >= 0.3 is 0 Å². The largest absolute Gasteiger partial charge is 0.482 e. The molecule has 1 N–H and O–H groups in total. The quantitative estimate of drug-likeness (QED) is 0.528. The van der Waals surface area contributed by atoms with Crippen molar-refractivity contribution in [3.8, 4) is 5.88 Å². The van der Waals surface area contributed by atoms with Crippen LogP contribution in [0.3, 0.4) is 0 Å². The van der Waals surface area contributed by atoms with Gasteiger partial charge in [-0.15, -0.1) is 0 Å². The summed E-state index contributed by atoms with van der Waals surface area (Å²) in [5.74, 6) is 0.729. The molecule has 2 aromatic heterocycles. The van der Waals surface area contributed by atoms with Crippen molar-refractivity contribution in [2.45, 2.75) is 13.8 Å². The minimum atomic E-state index is 0.691. The summed E-state index contributed by atoms with van der Waals surface area (Å²) in [5.41, 5.74) is 3.98. The molecule has 4 rings (SSSR count). The van der Waals surface area contributed by atoms with Gasteiger partial charge in [-0.25, -0.2) is 4.98 Å². The van der Waals surface area contributed by atoms with E-state index in [4.69, 9.17) is 21.3 Å². The Kier molecular flexibility index (Phi) is 2.81. The van der Waals surface area contributed by atoms with Crippen LogP contribution in [0.25, 0.3) is 32.6 Å². The van der Waals surface area contributed by atoms with Crippen LogP contribution in [0.1, 0.15) is 11.3 Å². The number of nitrogens with zero attached hydrogens (tertiary/aromatic N) is 1. The van der Waals surface area contributed by atoms with Crippen LogP contribution in [0.2, 0.25) is 5.02 Å². The van der Waals surface area contributed by atoms with Gasteiger partial charge in [-0.1, -0.05) is 29.8 Å². The molecule has 3 nitrogen and oxygen atoms in total. The van der Waals surface area contributed by atoms with Gasteiger partial charge in [0.1, 0.15) is 0 Å². The molecule has 4 aromatic rings. The zero-order valence-corrected chi connectivity index (χ0v) is 13.4. The van der Waals surface area contributed by atoms with E-state index in [1.807, 2.05) is 25.1 Å². The van der Waals surface area contributed by atoms with E-state index >= 15 is 0 Å². The maximum absolute atomic E-state index is 6.72. The second kappa shape index (κ2) is 4.62. The predicted octanol–water partition coefficient (Wildman–Crippen LogP) is 5.15. The fourth-order valence-corrected chi connectivity index (χ4v) is 3.49. The molecule has 0 aliphatic carbocycles. The summed E-state index contributed by atoms with van der Waals surface area (Å²) >= 11 is 6.72. The van der Waals surface area contributed by atoms with Crippen LogP contribution < -0.4 is 4.74 Å². The Labute approximate surface area is 132 Å². The zero-order chi connectivity index (χ0) is 15.4. The molecule has 0 saturated carbocycles. The topological polar surface area (TPSA) is 37.9 Å². The Morgan fingerprint density at radius 2 is 1.86 bits per heavy atom. The third-order valence-electron chi connectivity index (χ3n) is 4.35. The molecule has 0 amide bonds. The molecule has 110 valence electrons. The van der Waals surface area contributed by atoms with E-state index in [1.165, 1.54) is 0 Å². The number of ether oxygens (including phenoxy) is 1. The molecule has 0 radical (unpaired) electrons. The Hall–Kier alpha value is -2.26. The molecule has 2 aromatic carbocycles. The number of aromatic nitrogens is 2. The van der Waals surface area contributed by atoms with Crippen LogP contribution in [0.4, 0.5) is 0 Å². The minimum Gasteiger partial charge on any atom is -0.482 e. The van der Waals surface area contributed by atoms with Crippen LogP contribution in [0, 0.1) is 13.8 Å². The molecular formula is C18H15ClN2O. The van der Waals surface area contributed by atoms with Crippen molar-refractivity contribution in [1.29, 1.82) is 0 Å². The fourth-order valence-electron chi connectivity index (χ4n) is 3.10. The number of para-hydroxylation sites is 1. The van der Waals surface area contributed by atoms with Crippen LogP contribution >= 0.6 is 11.6 Å². The maximum atomic E-state index is 6.72. The number of nitrogens with one attached hydrogen (secondary N) is 1. The highest BCUT2D eigenvalue weighted by Gasteiger charge is 2.17. The van der Waals surface area contributed by atoms with E-state index in [0.29, 0.717) is 5.02 Å². The monoisotopic (exact) mass is 310 g/mol. The van der Waals surface area contributed by atoms with Gasteiger partial charge in [0.15, 0.2) is 5.88 Å². The number of halogens is 1. The first-order chi connectivity index (χ1) is 10.6. The number of hydrogen-bond donors (Lipinski definition) is 1. The molecule has 22 heavy (non-hydrogen) atoms. The average molecular weight is 311 g/mol. The lowest BCUT2D eigenvalue weighted by molar-refractivity contribution is 0.402. The van der Waals surface area contributed by atoms with Gasteiger partial charge in [0.05, 0.1) is 23.2 Å². The second-order valence-electron chi connectivity index (χ2n) is 5.55. The number of aryl methyl sites for hydroxylation is 2. The van der Waals surface area contributed by atoms with Crippen molar-refractivity contribution in [1.82, 2.24) is 9.97 Å². The van der Waals surface area contributed by atoms with Crippen molar-refractivity contribution < 1.29 is 4.74 Å². The third kappa shape index (κ3) is 1.66. The number of aromatic amines is 1. The highest BCUT2D eigenvalue weighted by Crippen LogP contribution is 2.40. The summed E-state index contributed by atoms with van der Waals surface area (Å²) in [6.07, 6.45) is 0. The molecule has 0 spiro atoms. The van der Waals surface area contributed by atoms with Crippen LogP contribution in [0.15, 0.2) is 30.3 Å². The summed E-state index contributed by atoms with van der Waals surface area (Å²) in [7, 11) is 1.67. The van der Waals surface area contributed by atoms with Crippen molar-refractivity contribution in [2.24, 2.45) is 0 Å². The van der Waals surface area contributed by atoms with Crippen LogP contribution in [0.5, 0.6) is 5.88 Å². The molecular weight excluding hydrogens is 296 g/mol. The Balaban J connectivity index is 2.31. The van der Waals surface area contributed by atoms with Crippen LogP contribution in [-0.4, -0.2) is 17.1 Å². The van der Waals surface area contributed by atoms with Gasteiger partial charge in [-0.2, -0.15) is 0 Å². The Morgan fingerprint density at radius 1 is 1.09 bits per heavy atom. The lowest BCUT2D eigenvalue weighted by Crippen LogP contribution is -1.96. The number of methoxy groups -OCH3 is 1.